The van der Waals surface area contributed by atoms with Gasteiger partial charge < -0.3 is 0 Å². The van der Waals surface area contributed by atoms with Gasteiger partial charge in [-0.15, -0.1) is 34.0 Å². The molecule has 0 bridgehead atoms. The summed E-state index contributed by atoms with van der Waals surface area (Å²) in [5.41, 5.74) is 19.6. The average molecular weight is 1650 g/mol. The molecule has 0 unspecified atom stereocenters. The zero-order valence-electron chi connectivity index (χ0n) is 74.7. The first kappa shape index (κ1) is 90.0. The second-order valence-corrected chi connectivity index (χ2v) is 40.2. The van der Waals surface area contributed by atoms with Crippen molar-refractivity contribution in [3.63, 3.8) is 0 Å². The van der Waals surface area contributed by atoms with Crippen LogP contribution in [0.1, 0.15) is 409 Å². The third-order valence-corrected chi connectivity index (χ3v) is 31.6. The number of fused-ring (bicyclic) bond motifs is 9. The number of thiophene rings is 3. The average Bonchev–Trinajstić information content (AvgIpc) is 1.66. The number of aryl methyl sites for hydroxylation is 2. The molecule has 1 aliphatic heterocycles. The van der Waals surface area contributed by atoms with E-state index in [1.54, 1.807) is 50.5 Å². The number of amides is 2. The molecule has 3 nitrogen and oxygen atoms in total. The molecular weight excluding hydrogens is 1510 g/mol. The summed E-state index contributed by atoms with van der Waals surface area (Å²) >= 11 is 5.13. The minimum absolute atomic E-state index is 0.106. The van der Waals surface area contributed by atoms with E-state index in [0.29, 0.717) is 17.7 Å². The van der Waals surface area contributed by atoms with Crippen molar-refractivity contribution >= 4 is 67.4 Å². The van der Waals surface area contributed by atoms with Crippen molar-refractivity contribution in [3.8, 4) is 74.5 Å². The monoisotopic (exact) mass is 1650 g/mol. The van der Waals surface area contributed by atoms with Gasteiger partial charge in [0.2, 0.25) is 0 Å². The first-order chi connectivity index (χ1) is 58.5. The van der Waals surface area contributed by atoms with Gasteiger partial charge >= 0.3 is 0 Å². The highest BCUT2D eigenvalue weighted by molar-refractivity contribution is 7.28. The number of imide groups is 1. The molecule has 10 aromatic rings. The van der Waals surface area contributed by atoms with E-state index in [1.807, 2.05) is 6.07 Å². The van der Waals surface area contributed by atoms with E-state index in [9.17, 15) is 9.59 Å². The van der Waals surface area contributed by atoms with Crippen molar-refractivity contribution in [1.29, 1.82) is 0 Å². The zero-order valence-corrected chi connectivity index (χ0v) is 77.2. The summed E-state index contributed by atoms with van der Waals surface area (Å²) in [6.07, 6.45) is 63.5. The number of unbranched alkanes of at least 4 members (excludes halogenated alkanes) is 41. The Balaban J connectivity index is 0.888. The molecule has 0 radical (unpaired) electrons. The molecule has 7 aromatic carbocycles. The molecule has 3 aromatic heterocycles. The minimum atomic E-state index is -0.252. The summed E-state index contributed by atoms with van der Waals surface area (Å²) in [4.78, 5) is 37.5. The summed E-state index contributed by atoms with van der Waals surface area (Å²) in [5, 5.41) is 4.49. The number of nitrogens with zero attached hydrogens (tertiary/aromatic N) is 1. The third-order valence-electron chi connectivity index (χ3n) is 27.9. The van der Waals surface area contributed by atoms with Crippen molar-refractivity contribution in [2.24, 2.45) is 0 Å². The molecule has 0 saturated heterocycles. The highest BCUT2D eigenvalue weighted by Gasteiger charge is 2.46. The Morgan fingerprint density at radius 2 is 0.613 bits per heavy atom. The Labute approximate surface area is 731 Å². The van der Waals surface area contributed by atoms with E-state index >= 15 is 4.39 Å². The number of rotatable bonds is 56. The van der Waals surface area contributed by atoms with E-state index in [1.165, 1.54) is 351 Å². The third kappa shape index (κ3) is 21.7. The van der Waals surface area contributed by atoms with Gasteiger partial charge in [-0.3, -0.25) is 14.5 Å². The van der Waals surface area contributed by atoms with Gasteiger partial charge in [0.25, 0.3) is 11.8 Å². The highest BCUT2D eigenvalue weighted by atomic mass is 32.1. The van der Waals surface area contributed by atoms with Crippen LogP contribution in [0.2, 0.25) is 0 Å². The molecule has 4 heterocycles. The van der Waals surface area contributed by atoms with Crippen LogP contribution in [0.5, 0.6) is 0 Å². The number of hydrogen-bond donors (Lipinski definition) is 0. The number of carbonyl (C=O) groups excluding carboxylic acids is 2. The van der Waals surface area contributed by atoms with Crippen LogP contribution in [-0.2, 0) is 10.8 Å². The van der Waals surface area contributed by atoms with Gasteiger partial charge in [-0.25, -0.2) is 4.39 Å². The quantitative estimate of drug-likeness (QED) is 0.0216. The largest absolute Gasteiger partial charge is 0.274 e. The molecule has 7 heteroatoms. The van der Waals surface area contributed by atoms with E-state index in [2.05, 4.69) is 176 Å². The van der Waals surface area contributed by atoms with E-state index < -0.39 is 0 Å². The highest BCUT2D eigenvalue weighted by Crippen LogP contribution is 2.60. The van der Waals surface area contributed by atoms with Gasteiger partial charge in [-0.1, -0.05) is 414 Å². The first-order valence-corrected chi connectivity index (χ1v) is 51.3. The zero-order chi connectivity index (χ0) is 82.8. The molecule has 0 N–H and O–H groups in total. The van der Waals surface area contributed by atoms with Crippen LogP contribution in [0.3, 0.4) is 0 Å². The summed E-state index contributed by atoms with van der Waals surface area (Å²) in [5.74, 6) is -0.458. The second-order valence-electron chi connectivity index (χ2n) is 36.8. The standard InChI is InChI=1S/C112H146FNO2S3/c1-8-13-18-23-28-32-36-40-44-51-72-111(73-52-45-41-37-33-29-24-19-14-9-2)96-77-82(6)58-64-88(96)90-67-62-86(80-98(90)111)104-93-57-50-49-56-92(93)103(94-68-63-87(113)81-95(94)104)85-61-66-91-89-65-60-84(78-97(89)112(99(91)79-85,74-53-46-42-38-34-30-25-20-15-10-3)75-54-47-43-39-35-31-26-21-16-11-4)100-70-71-102(118-100)108-106-105(107(119-108)101-69-59-83(7)117-101)109(115)114(110(106)116)76-55-48-27-22-17-12-5/h49-50,56-71,77-81H,8-48,51-55,72-76H2,1-7H3. The van der Waals surface area contributed by atoms with Crippen molar-refractivity contribution < 1.29 is 14.0 Å². The van der Waals surface area contributed by atoms with Crippen LogP contribution in [-0.4, -0.2) is 23.3 Å². The molecule has 3 aliphatic rings. The van der Waals surface area contributed by atoms with E-state index in [0.717, 1.165) is 93.6 Å². The second kappa shape index (κ2) is 45.6. The molecule has 0 saturated carbocycles. The van der Waals surface area contributed by atoms with Crippen molar-refractivity contribution in [3.05, 3.63) is 189 Å². The van der Waals surface area contributed by atoms with Gasteiger partial charge in [0.15, 0.2) is 0 Å². The lowest BCUT2D eigenvalue weighted by atomic mass is 9.69. The van der Waals surface area contributed by atoms with Crippen molar-refractivity contribution in [2.75, 3.05) is 6.54 Å². The maximum absolute atomic E-state index is 16.9. The van der Waals surface area contributed by atoms with Gasteiger partial charge in [-0.05, 0) is 194 Å². The Morgan fingerprint density at radius 1 is 0.286 bits per heavy atom. The fraction of sp³-hybridized carbons (Fsp3) is 0.536. The summed E-state index contributed by atoms with van der Waals surface area (Å²) < 4.78 is 16.9. The predicted octanol–water partition coefficient (Wildman–Crippen LogP) is 37.0. The number of carbonyl (C=O) groups is 2. The fourth-order valence-electron chi connectivity index (χ4n) is 21.3. The molecule has 2 amide bonds. The van der Waals surface area contributed by atoms with Gasteiger partial charge in [0.05, 0.1) is 20.9 Å². The maximum Gasteiger partial charge on any atom is 0.263 e. The molecule has 13 rings (SSSR count). The van der Waals surface area contributed by atoms with Gasteiger partial charge in [-0.2, -0.15) is 0 Å². The minimum Gasteiger partial charge on any atom is -0.274 e. The lowest BCUT2D eigenvalue weighted by Crippen LogP contribution is -2.31. The van der Waals surface area contributed by atoms with Crippen LogP contribution in [0.4, 0.5) is 4.39 Å². The molecule has 119 heavy (non-hydrogen) atoms. The number of benzene rings is 7. The Hall–Kier alpha value is -6.77. The Morgan fingerprint density at radius 3 is 1.02 bits per heavy atom. The summed E-state index contributed by atoms with van der Waals surface area (Å²) in [6.45, 7) is 16.4. The predicted molar refractivity (Wildman–Crippen MR) is 519 cm³/mol. The van der Waals surface area contributed by atoms with Gasteiger partial charge in [0.1, 0.15) is 5.82 Å². The summed E-state index contributed by atoms with van der Waals surface area (Å²) in [6, 6.07) is 53.7. The molecule has 0 spiro atoms. The molecular formula is C112H146FNO2S3. The van der Waals surface area contributed by atoms with Crippen LogP contribution >= 0.6 is 34.0 Å². The van der Waals surface area contributed by atoms with Crippen LogP contribution in [0, 0.1) is 19.7 Å². The maximum atomic E-state index is 16.9. The van der Waals surface area contributed by atoms with Crippen LogP contribution < -0.4 is 0 Å². The smallest absolute Gasteiger partial charge is 0.263 e. The molecule has 0 fully saturated rings. The fourth-order valence-corrected chi connectivity index (χ4v) is 24.7. The normalized spacial score (nSPS) is 13.7. The Bertz CT molecular complexity index is 4850. The van der Waals surface area contributed by atoms with Crippen molar-refractivity contribution in [1.82, 2.24) is 4.90 Å². The molecule has 2 aliphatic carbocycles. The van der Waals surface area contributed by atoms with Gasteiger partial charge in [0, 0.05) is 36.9 Å². The number of halogens is 1. The Kier molecular flexibility index (Phi) is 34.4. The molecule has 0 atom stereocenters. The first-order valence-electron chi connectivity index (χ1n) is 48.9. The van der Waals surface area contributed by atoms with E-state index in [4.69, 9.17) is 0 Å². The van der Waals surface area contributed by atoms with Crippen LogP contribution in [0.25, 0.3) is 96.0 Å². The van der Waals surface area contributed by atoms with Crippen molar-refractivity contribution in [2.45, 2.75) is 380 Å². The van der Waals surface area contributed by atoms with Crippen LogP contribution in [0.15, 0.2) is 140 Å². The topological polar surface area (TPSA) is 37.4 Å². The lowest BCUT2D eigenvalue weighted by Gasteiger charge is -2.34. The van der Waals surface area contributed by atoms with E-state index in [-0.39, 0.29) is 28.5 Å². The summed E-state index contributed by atoms with van der Waals surface area (Å²) in [7, 11) is 0. The SMILES string of the molecule is CCCCCCCCCCCCC1(CCCCCCCCCCCC)c2cc(C)ccc2-c2ccc(-c3c4ccccc4c(-c4ccc5c(c4)C(CCCCCCCCCCCC)(CCCCCCCCCCCC)c4cc(-c6ccc(-c7sc(-c8ccc(C)s8)c8c7C(=O)N(CCCCCCCC)C8=O)s6)ccc4-5)c4ccc(F)cc34)cc21. The molecule has 636 valence electrons. The lowest BCUT2D eigenvalue weighted by molar-refractivity contribution is 0.0651. The number of hydrogen-bond acceptors (Lipinski definition) is 5.